The van der Waals surface area contributed by atoms with Crippen LogP contribution in [-0.2, 0) is 6.42 Å². The highest BCUT2D eigenvalue weighted by molar-refractivity contribution is 5.77. The molecule has 0 fully saturated rings. The first kappa shape index (κ1) is 8.66. The van der Waals surface area contributed by atoms with E-state index >= 15 is 0 Å². The van der Waals surface area contributed by atoms with Crippen molar-refractivity contribution in [1.82, 2.24) is 4.98 Å². The zero-order chi connectivity index (χ0) is 10.4. The quantitative estimate of drug-likeness (QED) is 0.536. The number of rotatable bonds is 0. The second-order valence-electron chi connectivity index (χ2n) is 4.26. The van der Waals surface area contributed by atoms with E-state index in [0.29, 0.717) is 0 Å². The lowest BCUT2D eigenvalue weighted by Gasteiger charge is -2.02. The maximum absolute atomic E-state index is 4.36. The molecule has 0 saturated carbocycles. The first-order valence-electron chi connectivity index (χ1n) is 5.30. The first-order chi connectivity index (χ1) is 7.25. The average Bonchev–Trinajstić information content (AvgIpc) is 2.58. The van der Waals surface area contributed by atoms with E-state index in [1.807, 2.05) is 6.20 Å². The van der Waals surface area contributed by atoms with Crippen LogP contribution in [0.15, 0.2) is 30.5 Å². The van der Waals surface area contributed by atoms with Crippen LogP contribution < -0.4 is 0 Å². The van der Waals surface area contributed by atoms with E-state index in [0.717, 1.165) is 6.42 Å². The normalized spacial score (nSPS) is 12.4. The number of hydrogen-bond donors (Lipinski definition) is 0. The molecular weight excluding hydrogens is 182 g/mol. The number of fused-ring (bicyclic) bond motifs is 3. The van der Waals surface area contributed by atoms with Gasteiger partial charge in [0.15, 0.2) is 0 Å². The standard InChI is InChI=1S/C14H13N/c1-9-3-4-11-8-13-10(2)15-6-5-12(13)14(11)7-9/h3-7H,8H2,1-2H3. The van der Waals surface area contributed by atoms with Gasteiger partial charge < -0.3 is 0 Å². The summed E-state index contributed by atoms with van der Waals surface area (Å²) in [6.07, 6.45) is 2.95. The SMILES string of the molecule is Cc1ccc2c(c1)-c1ccnc(C)c1C2. The van der Waals surface area contributed by atoms with Gasteiger partial charge in [-0.3, -0.25) is 4.98 Å². The summed E-state index contributed by atoms with van der Waals surface area (Å²) in [6, 6.07) is 8.84. The van der Waals surface area contributed by atoms with Crippen molar-refractivity contribution < 1.29 is 0 Å². The molecule has 74 valence electrons. The molecule has 0 N–H and O–H groups in total. The van der Waals surface area contributed by atoms with Gasteiger partial charge in [0.05, 0.1) is 0 Å². The van der Waals surface area contributed by atoms with Gasteiger partial charge in [-0.15, -0.1) is 0 Å². The van der Waals surface area contributed by atoms with Gasteiger partial charge in [-0.05, 0) is 42.2 Å². The van der Waals surface area contributed by atoms with Crippen LogP contribution in [-0.4, -0.2) is 4.98 Å². The third kappa shape index (κ3) is 1.19. The molecule has 1 heterocycles. The number of nitrogens with zero attached hydrogens (tertiary/aromatic N) is 1. The fraction of sp³-hybridized carbons (Fsp3) is 0.214. The van der Waals surface area contributed by atoms with Crippen molar-refractivity contribution in [3.63, 3.8) is 0 Å². The Bertz CT molecular complexity index is 541. The zero-order valence-electron chi connectivity index (χ0n) is 9.04. The first-order valence-corrected chi connectivity index (χ1v) is 5.30. The van der Waals surface area contributed by atoms with Gasteiger partial charge in [0.25, 0.3) is 0 Å². The molecule has 0 saturated heterocycles. The molecule has 1 heteroatoms. The third-order valence-electron chi connectivity index (χ3n) is 3.19. The molecule has 15 heavy (non-hydrogen) atoms. The predicted molar refractivity (Wildman–Crippen MR) is 62.0 cm³/mol. The topological polar surface area (TPSA) is 12.9 Å². The second kappa shape index (κ2) is 2.93. The van der Waals surface area contributed by atoms with Crippen molar-refractivity contribution >= 4 is 0 Å². The van der Waals surface area contributed by atoms with Crippen LogP contribution in [0.2, 0.25) is 0 Å². The van der Waals surface area contributed by atoms with Crippen molar-refractivity contribution in [2.24, 2.45) is 0 Å². The smallest absolute Gasteiger partial charge is 0.0414 e. The Labute approximate surface area is 89.8 Å². The Morgan fingerprint density at radius 3 is 2.80 bits per heavy atom. The van der Waals surface area contributed by atoms with Gasteiger partial charge in [0.1, 0.15) is 0 Å². The van der Waals surface area contributed by atoms with Crippen molar-refractivity contribution in [2.75, 3.05) is 0 Å². The van der Waals surface area contributed by atoms with Gasteiger partial charge in [0.2, 0.25) is 0 Å². The minimum absolute atomic E-state index is 1.05. The molecule has 0 atom stereocenters. The van der Waals surface area contributed by atoms with Crippen LogP contribution in [0, 0.1) is 13.8 Å². The van der Waals surface area contributed by atoms with Gasteiger partial charge in [-0.1, -0.05) is 23.8 Å². The number of hydrogen-bond acceptors (Lipinski definition) is 1. The van der Waals surface area contributed by atoms with Gasteiger partial charge in [-0.2, -0.15) is 0 Å². The minimum atomic E-state index is 1.05. The second-order valence-corrected chi connectivity index (χ2v) is 4.26. The van der Waals surface area contributed by atoms with E-state index < -0.39 is 0 Å². The Kier molecular flexibility index (Phi) is 1.69. The van der Waals surface area contributed by atoms with Gasteiger partial charge in [-0.25, -0.2) is 0 Å². The molecular formula is C14H13N. The number of benzene rings is 1. The molecule has 1 nitrogen and oxygen atoms in total. The Morgan fingerprint density at radius 1 is 1.07 bits per heavy atom. The Morgan fingerprint density at radius 2 is 1.93 bits per heavy atom. The monoisotopic (exact) mass is 195 g/mol. The van der Waals surface area contributed by atoms with E-state index in [1.54, 1.807) is 0 Å². The number of aryl methyl sites for hydroxylation is 2. The average molecular weight is 195 g/mol. The minimum Gasteiger partial charge on any atom is -0.261 e. The fourth-order valence-corrected chi connectivity index (χ4v) is 2.36. The molecule has 1 aromatic heterocycles. The fourth-order valence-electron chi connectivity index (χ4n) is 2.36. The predicted octanol–water partition coefficient (Wildman–Crippen LogP) is 3.27. The molecule has 3 rings (SSSR count). The lowest BCUT2D eigenvalue weighted by molar-refractivity contribution is 1.11. The zero-order valence-corrected chi connectivity index (χ0v) is 9.04. The van der Waals surface area contributed by atoms with Gasteiger partial charge in [0, 0.05) is 18.3 Å². The molecule has 1 aromatic carbocycles. The summed E-state index contributed by atoms with van der Waals surface area (Å²) in [4.78, 5) is 4.36. The maximum atomic E-state index is 4.36. The lowest BCUT2D eigenvalue weighted by Crippen LogP contribution is -1.88. The van der Waals surface area contributed by atoms with Crippen molar-refractivity contribution in [2.45, 2.75) is 20.3 Å². The summed E-state index contributed by atoms with van der Waals surface area (Å²) in [6.45, 7) is 4.24. The van der Waals surface area contributed by atoms with Crippen LogP contribution in [0.1, 0.15) is 22.4 Å². The molecule has 1 aliphatic carbocycles. The third-order valence-corrected chi connectivity index (χ3v) is 3.19. The summed E-state index contributed by atoms with van der Waals surface area (Å²) >= 11 is 0. The van der Waals surface area contributed by atoms with Crippen LogP contribution in [0.25, 0.3) is 11.1 Å². The summed E-state index contributed by atoms with van der Waals surface area (Å²) in [5, 5.41) is 0. The molecule has 2 aromatic rings. The Balaban J connectivity index is 2.31. The summed E-state index contributed by atoms with van der Waals surface area (Å²) in [7, 11) is 0. The van der Waals surface area contributed by atoms with Crippen molar-refractivity contribution in [3.05, 3.63) is 52.8 Å². The van der Waals surface area contributed by atoms with Crippen LogP contribution in [0.5, 0.6) is 0 Å². The van der Waals surface area contributed by atoms with Crippen molar-refractivity contribution in [1.29, 1.82) is 0 Å². The molecule has 0 amide bonds. The summed E-state index contributed by atoms with van der Waals surface area (Å²) in [5.74, 6) is 0. The maximum Gasteiger partial charge on any atom is 0.0414 e. The van der Waals surface area contributed by atoms with E-state index in [4.69, 9.17) is 0 Å². The molecule has 0 aliphatic heterocycles. The van der Waals surface area contributed by atoms with Gasteiger partial charge >= 0.3 is 0 Å². The summed E-state index contributed by atoms with van der Waals surface area (Å²) in [5.41, 5.74) is 8.11. The van der Waals surface area contributed by atoms with Crippen LogP contribution >= 0.6 is 0 Å². The highest BCUT2D eigenvalue weighted by Crippen LogP contribution is 2.37. The molecule has 0 bridgehead atoms. The van der Waals surface area contributed by atoms with Crippen molar-refractivity contribution in [3.8, 4) is 11.1 Å². The summed E-state index contributed by atoms with van der Waals surface area (Å²) < 4.78 is 0. The highest BCUT2D eigenvalue weighted by atomic mass is 14.7. The van der Waals surface area contributed by atoms with E-state index in [2.05, 4.69) is 43.1 Å². The van der Waals surface area contributed by atoms with E-state index in [9.17, 15) is 0 Å². The molecule has 1 aliphatic rings. The molecule has 0 unspecified atom stereocenters. The Hall–Kier alpha value is -1.63. The largest absolute Gasteiger partial charge is 0.261 e. The van der Waals surface area contributed by atoms with E-state index in [1.165, 1.54) is 33.5 Å². The molecule has 0 radical (unpaired) electrons. The molecule has 0 spiro atoms. The van der Waals surface area contributed by atoms with Crippen LogP contribution in [0.3, 0.4) is 0 Å². The lowest BCUT2D eigenvalue weighted by atomic mass is 10.0. The van der Waals surface area contributed by atoms with Crippen LogP contribution in [0.4, 0.5) is 0 Å². The number of pyridine rings is 1. The highest BCUT2D eigenvalue weighted by Gasteiger charge is 2.19. The van der Waals surface area contributed by atoms with E-state index in [-0.39, 0.29) is 0 Å². The number of aromatic nitrogens is 1.